The van der Waals surface area contributed by atoms with E-state index in [2.05, 4.69) is 19.1 Å². The molecule has 2 aromatic rings. The van der Waals surface area contributed by atoms with Gasteiger partial charge in [-0.05, 0) is 43.1 Å². The second kappa shape index (κ2) is 6.37. The van der Waals surface area contributed by atoms with Crippen molar-refractivity contribution in [3.8, 4) is 17.2 Å². The first-order valence-corrected chi connectivity index (χ1v) is 7.94. The molecule has 0 aliphatic carbocycles. The van der Waals surface area contributed by atoms with Gasteiger partial charge < -0.3 is 19.9 Å². The molecule has 21 heavy (non-hydrogen) atoms. The van der Waals surface area contributed by atoms with Gasteiger partial charge in [0.1, 0.15) is 12.4 Å². The molecule has 0 atom stereocenters. The largest absolute Gasteiger partial charge is 0.488 e. The number of hydrogen-bond donors (Lipinski definition) is 1. The molecule has 0 saturated carbocycles. The van der Waals surface area contributed by atoms with Crippen molar-refractivity contribution in [1.82, 2.24) is 0 Å². The molecule has 112 valence electrons. The Bertz CT molecular complexity index is 624. The molecule has 0 spiro atoms. The predicted molar refractivity (Wildman–Crippen MR) is 83.4 cm³/mol. The van der Waals surface area contributed by atoms with Gasteiger partial charge in [0.2, 0.25) is 6.79 Å². The van der Waals surface area contributed by atoms with Crippen molar-refractivity contribution in [3.05, 3.63) is 39.6 Å². The predicted octanol–water partition coefficient (Wildman–Crippen LogP) is 3.12. The monoisotopic (exact) mass is 305 g/mol. The van der Waals surface area contributed by atoms with E-state index in [1.807, 2.05) is 12.1 Å². The third-order valence-corrected chi connectivity index (χ3v) is 4.61. The van der Waals surface area contributed by atoms with Crippen LogP contribution in [0.2, 0.25) is 0 Å². The van der Waals surface area contributed by atoms with Crippen molar-refractivity contribution < 1.29 is 14.2 Å². The maximum atomic E-state index is 5.98. The number of fused-ring (bicyclic) bond motifs is 1. The van der Waals surface area contributed by atoms with E-state index >= 15 is 0 Å². The Balaban J connectivity index is 1.77. The number of aryl methyl sites for hydroxylation is 1. The third-order valence-electron chi connectivity index (χ3n) is 3.41. The maximum absolute atomic E-state index is 5.98. The molecule has 3 rings (SSSR count). The van der Waals surface area contributed by atoms with Gasteiger partial charge in [0.05, 0.1) is 0 Å². The lowest BCUT2D eigenvalue weighted by Crippen LogP contribution is -2.05. The van der Waals surface area contributed by atoms with Gasteiger partial charge in [0.25, 0.3) is 0 Å². The normalized spacial score (nSPS) is 12.7. The van der Waals surface area contributed by atoms with Crippen LogP contribution >= 0.6 is 11.3 Å². The molecule has 0 bridgehead atoms. The van der Waals surface area contributed by atoms with Crippen molar-refractivity contribution in [1.29, 1.82) is 0 Å². The number of nitrogens with two attached hydrogens (primary N) is 1. The van der Waals surface area contributed by atoms with Crippen LogP contribution in [0.15, 0.2) is 24.3 Å². The van der Waals surface area contributed by atoms with E-state index in [1.165, 1.54) is 9.75 Å². The first-order valence-electron chi connectivity index (χ1n) is 7.13. The zero-order valence-electron chi connectivity index (χ0n) is 12.1. The molecule has 5 heteroatoms. The molecular formula is C16H19NO3S. The van der Waals surface area contributed by atoms with Crippen molar-refractivity contribution in [3.63, 3.8) is 0 Å². The maximum Gasteiger partial charge on any atom is 0.231 e. The second-order valence-electron chi connectivity index (χ2n) is 4.86. The molecule has 0 fully saturated rings. The molecule has 2 heterocycles. The average Bonchev–Trinajstić information content (AvgIpc) is 3.13. The van der Waals surface area contributed by atoms with Gasteiger partial charge in [-0.2, -0.15) is 0 Å². The summed E-state index contributed by atoms with van der Waals surface area (Å²) in [7, 11) is 0. The minimum Gasteiger partial charge on any atom is -0.488 e. The van der Waals surface area contributed by atoms with Crippen molar-refractivity contribution >= 4 is 11.3 Å². The fourth-order valence-corrected chi connectivity index (χ4v) is 3.16. The van der Waals surface area contributed by atoms with Crippen molar-refractivity contribution in [2.24, 2.45) is 5.73 Å². The number of rotatable bonds is 6. The summed E-state index contributed by atoms with van der Waals surface area (Å²) >= 11 is 1.79. The summed E-state index contributed by atoms with van der Waals surface area (Å²) in [4.78, 5) is 2.60. The van der Waals surface area contributed by atoms with Crippen LogP contribution in [0.3, 0.4) is 0 Å². The van der Waals surface area contributed by atoms with E-state index in [-0.39, 0.29) is 6.79 Å². The second-order valence-corrected chi connectivity index (χ2v) is 6.11. The van der Waals surface area contributed by atoms with E-state index in [0.717, 1.165) is 35.7 Å². The highest BCUT2D eigenvalue weighted by Gasteiger charge is 2.18. The Morgan fingerprint density at radius 1 is 1.19 bits per heavy atom. The van der Waals surface area contributed by atoms with Crippen LogP contribution in [-0.2, 0) is 19.4 Å². The van der Waals surface area contributed by atoms with Crippen molar-refractivity contribution in [2.45, 2.75) is 26.4 Å². The summed E-state index contributed by atoms with van der Waals surface area (Å²) in [5.74, 6) is 2.34. The van der Waals surface area contributed by atoms with Crippen LogP contribution in [-0.4, -0.2) is 13.3 Å². The Hall–Kier alpha value is -1.72. The summed E-state index contributed by atoms with van der Waals surface area (Å²) in [5.41, 5.74) is 6.74. The van der Waals surface area contributed by atoms with E-state index < -0.39 is 0 Å². The van der Waals surface area contributed by atoms with E-state index in [0.29, 0.717) is 13.2 Å². The van der Waals surface area contributed by atoms with Crippen LogP contribution in [0.4, 0.5) is 0 Å². The van der Waals surface area contributed by atoms with E-state index in [1.54, 1.807) is 11.3 Å². The fraction of sp³-hybridized carbons (Fsp3) is 0.375. The zero-order valence-corrected chi connectivity index (χ0v) is 12.9. The van der Waals surface area contributed by atoms with Gasteiger partial charge in [-0.25, -0.2) is 0 Å². The molecule has 1 aromatic heterocycles. The summed E-state index contributed by atoms with van der Waals surface area (Å²) in [5, 5.41) is 0. The molecule has 1 aromatic carbocycles. The highest BCUT2D eigenvalue weighted by molar-refractivity contribution is 7.11. The zero-order chi connectivity index (χ0) is 14.7. The molecule has 0 saturated heterocycles. The number of hydrogen-bond acceptors (Lipinski definition) is 5. The Morgan fingerprint density at radius 3 is 2.67 bits per heavy atom. The molecule has 2 N–H and O–H groups in total. The molecule has 4 nitrogen and oxygen atoms in total. The van der Waals surface area contributed by atoms with Crippen LogP contribution in [0, 0.1) is 0 Å². The Labute approximate surface area is 128 Å². The lowest BCUT2D eigenvalue weighted by Gasteiger charge is -2.11. The van der Waals surface area contributed by atoms with Crippen LogP contribution < -0.4 is 19.9 Å². The first-order chi connectivity index (χ1) is 10.3. The minimum absolute atomic E-state index is 0.269. The van der Waals surface area contributed by atoms with E-state index in [4.69, 9.17) is 19.9 Å². The molecule has 1 aliphatic heterocycles. The summed E-state index contributed by atoms with van der Waals surface area (Å²) in [6.07, 6.45) is 1.82. The average molecular weight is 305 g/mol. The number of ether oxygens (including phenoxy) is 3. The topological polar surface area (TPSA) is 53.7 Å². The van der Waals surface area contributed by atoms with Gasteiger partial charge in [0.15, 0.2) is 11.5 Å². The molecule has 0 radical (unpaired) electrons. The minimum atomic E-state index is 0.269. The van der Waals surface area contributed by atoms with Gasteiger partial charge in [-0.1, -0.05) is 6.92 Å². The Kier molecular flexibility index (Phi) is 4.31. The van der Waals surface area contributed by atoms with Crippen LogP contribution in [0.5, 0.6) is 17.2 Å². The Morgan fingerprint density at radius 2 is 1.95 bits per heavy atom. The SMILES string of the molecule is CCc1ccc(COc2cc3c(cc2CCN)OCO3)s1. The number of benzene rings is 1. The quantitative estimate of drug-likeness (QED) is 0.891. The fourth-order valence-electron chi connectivity index (χ4n) is 2.29. The molecule has 0 amide bonds. The highest BCUT2D eigenvalue weighted by Crippen LogP contribution is 2.38. The molecule has 1 aliphatic rings. The van der Waals surface area contributed by atoms with Gasteiger partial charge >= 0.3 is 0 Å². The van der Waals surface area contributed by atoms with E-state index in [9.17, 15) is 0 Å². The number of thiophene rings is 1. The van der Waals surface area contributed by atoms with Crippen LogP contribution in [0.1, 0.15) is 22.2 Å². The van der Waals surface area contributed by atoms with Gasteiger partial charge in [-0.15, -0.1) is 11.3 Å². The summed E-state index contributed by atoms with van der Waals surface area (Å²) in [6, 6.07) is 8.15. The van der Waals surface area contributed by atoms with Gasteiger partial charge in [0, 0.05) is 15.8 Å². The highest BCUT2D eigenvalue weighted by atomic mass is 32.1. The van der Waals surface area contributed by atoms with Crippen molar-refractivity contribution in [2.75, 3.05) is 13.3 Å². The first kappa shape index (κ1) is 14.2. The lowest BCUT2D eigenvalue weighted by molar-refractivity contribution is 0.173. The summed E-state index contributed by atoms with van der Waals surface area (Å²) < 4.78 is 16.8. The standard InChI is InChI=1S/C16H19NO3S/c1-2-12-3-4-13(21-12)9-18-14-8-16-15(19-10-20-16)7-11(14)5-6-17/h3-4,7-8H,2,5-6,9-10,17H2,1H3. The third kappa shape index (κ3) is 3.14. The molecular weight excluding hydrogens is 286 g/mol. The van der Waals surface area contributed by atoms with Gasteiger partial charge in [-0.3, -0.25) is 0 Å². The summed E-state index contributed by atoms with van der Waals surface area (Å²) in [6.45, 7) is 3.58. The lowest BCUT2D eigenvalue weighted by atomic mass is 10.1. The smallest absolute Gasteiger partial charge is 0.231 e. The van der Waals surface area contributed by atoms with Crippen LogP contribution in [0.25, 0.3) is 0 Å². The molecule has 0 unspecified atom stereocenters.